The van der Waals surface area contributed by atoms with Gasteiger partial charge >= 0.3 is 0 Å². The van der Waals surface area contributed by atoms with E-state index < -0.39 is 0 Å². The average molecular weight is 226 g/mol. The van der Waals surface area contributed by atoms with Gasteiger partial charge in [0.2, 0.25) is 0 Å². The van der Waals surface area contributed by atoms with Crippen LogP contribution in [0.5, 0.6) is 5.88 Å². The normalized spacial score (nSPS) is 10.4. The highest BCUT2D eigenvalue weighted by Gasteiger charge is 2.05. The summed E-state index contributed by atoms with van der Waals surface area (Å²) >= 11 is 0. The molecule has 0 bridgehead atoms. The third-order valence-electron chi connectivity index (χ3n) is 2.36. The van der Waals surface area contributed by atoms with Crippen LogP contribution in [0.3, 0.4) is 0 Å². The molecule has 1 aromatic carbocycles. The summed E-state index contributed by atoms with van der Waals surface area (Å²) in [4.78, 5) is 16.6. The molecule has 0 fully saturated rings. The van der Waals surface area contributed by atoms with Crippen LogP contribution in [0.25, 0.3) is 11.0 Å². The number of aromatic nitrogens is 3. The molecule has 0 saturated carbocycles. The molecule has 3 rings (SSSR count). The van der Waals surface area contributed by atoms with Crippen molar-refractivity contribution in [2.24, 2.45) is 0 Å². The minimum Gasteiger partial charge on any atom is -0.361 e. The first-order valence-corrected chi connectivity index (χ1v) is 5.19. The zero-order valence-electron chi connectivity index (χ0n) is 8.92. The van der Waals surface area contributed by atoms with Crippen LogP contribution in [0.15, 0.2) is 48.9 Å². The number of hydrogen-bond acceptors (Lipinski definition) is 4. The van der Waals surface area contributed by atoms with Crippen molar-refractivity contribution in [1.29, 1.82) is 0 Å². The Morgan fingerprint density at radius 3 is 2.82 bits per heavy atom. The Bertz CT molecular complexity index is 620. The number of nitrogens with zero attached hydrogens (tertiary/aromatic N) is 2. The summed E-state index contributed by atoms with van der Waals surface area (Å²) in [5, 5.41) is 0.843. The van der Waals surface area contributed by atoms with Crippen LogP contribution >= 0.6 is 0 Å². The van der Waals surface area contributed by atoms with Gasteiger partial charge in [0.15, 0.2) is 0 Å². The highest BCUT2D eigenvalue weighted by Crippen LogP contribution is 2.20. The Balaban J connectivity index is 1.84. The molecule has 17 heavy (non-hydrogen) atoms. The molecule has 0 saturated heterocycles. The van der Waals surface area contributed by atoms with E-state index in [1.807, 2.05) is 36.4 Å². The quantitative estimate of drug-likeness (QED) is 0.673. The predicted octanol–water partition coefficient (Wildman–Crippen LogP) is 2.36. The Hall–Kier alpha value is -2.56. The average Bonchev–Trinajstić information content (AvgIpc) is 2.86. The number of hydrogen-bond donors (Lipinski definition) is 2. The van der Waals surface area contributed by atoms with Crippen molar-refractivity contribution in [3.8, 4) is 5.88 Å². The molecular formula is C12H10N4O. The Morgan fingerprint density at radius 1 is 1.06 bits per heavy atom. The van der Waals surface area contributed by atoms with E-state index in [0.717, 1.165) is 16.7 Å². The monoisotopic (exact) mass is 226 g/mol. The number of nitrogens with one attached hydrogen (secondary N) is 2. The fraction of sp³-hybridized carbons (Fsp3) is 0. The predicted molar refractivity (Wildman–Crippen MR) is 64.6 cm³/mol. The number of benzene rings is 1. The summed E-state index contributed by atoms with van der Waals surface area (Å²) in [6.45, 7) is 0. The highest BCUT2D eigenvalue weighted by atomic mass is 16.7. The molecule has 0 atom stereocenters. The molecule has 2 heterocycles. The van der Waals surface area contributed by atoms with Gasteiger partial charge in [-0.3, -0.25) is 0 Å². The molecule has 0 aliphatic carbocycles. The maximum Gasteiger partial charge on any atom is 0.258 e. The van der Waals surface area contributed by atoms with Crippen molar-refractivity contribution in [3.05, 3.63) is 48.9 Å². The van der Waals surface area contributed by atoms with Gasteiger partial charge in [0.05, 0.1) is 11.1 Å². The molecule has 0 unspecified atom stereocenters. The van der Waals surface area contributed by atoms with Gasteiger partial charge in [-0.15, -0.1) is 0 Å². The van der Waals surface area contributed by atoms with E-state index in [4.69, 9.17) is 4.84 Å². The van der Waals surface area contributed by atoms with Crippen molar-refractivity contribution in [1.82, 2.24) is 15.0 Å². The second-order valence-corrected chi connectivity index (χ2v) is 3.49. The van der Waals surface area contributed by atoms with Crippen LogP contribution in [0.1, 0.15) is 0 Å². The standard InChI is InChI=1S/C12H10N4O/c1-2-4-9(5-3-1)16-17-12-10-6-7-13-11(10)14-8-15-12/h1-8,16H,(H,13,14,15). The van der Waals surface area contributed by atoms with Crippen LogP contribution in [-0.2, 0) is 0 Å². The van der Waals surface area contributed by atoms with Gasteiger partial charge in [0, 0.05) is 6.20 Å². The van der Waals surface area contributed by atoms with Gasteiger partial charge in [-0.05, 0) is 18.2 Å². The Labute approximate surface area is 97.4 Å². The summed E-state index contributed by atoms with van der Waals surface area (Å²) < 4.78 is 0. The third kappa shape index (κ3) is 1.90. The van der Waals surface area contributed by atoms with Gasteiger partial charge in [-0.25, -0.2) is 10.5 Å². The number of para-hydroxylation sites is 1. The van der Waals surface area contributed by atoms with Crippen molar-refractivity contribution in [3.63, 3.8) is 0 Å². The van der Waals surface area contributed by atoms with Crippen LogP contribution in [0.2, 0.25) is 0 Å². The van der Waals surface area contributed by atoms with E-state index >= 15 is 0 Å². The molecule has 0 spiro atoms. The van der Waals surface area contributed by atoms with Crippen LogP contribution in [-0.4, -0.2) is 15.0 Å². The molecule has 0 radical (unpaired) electrons. The summed E-state index contributed by atoms with van der Waals surface area (Å²) in [7, 11) is 0. The van der Waals surface area contributed by atoms with E-state index in [-0.39, 0.29) is 0 Å². The molecule has 2 N–H and O–H groups in total. The van der Waals surface area contributed by atoms with Gasteiger partial charge in [0.1, 0.15) is 12.0 Å². The minimum absolute atomic E-state index is 0.500. The number of fused-ring (bicyclic) bond motifs is 1. The molecule has 0 aliphatic heterocycles. The van der Waals surface area contributed by atoms with Gasteiger partial charge in [0.25, 0.3) is 5.88 Å². The first-order valence-electron chi connectivity index (χ1n) is 5.19. The Morgan fingerprint density at radius 2 is 1.94 bits per heavy atom. The fourth-order valence-corrected chi connectivity index (χ4v) is 1.54. The first kappa shape index (κ1) is 9.65. The lowest BCUT2D eigenvalue weighted by Gasteiger charge is -2.07. The highest BCUT2D eigenvalue weighted by molar-refractivity contribution is 5.80. The van der Waals surface area contributed by atoms with Gasteiger partial charge in [-0.2, -0.15) is 4.98 Å². The van der Waals surface area contributed by atoms with Crippen LogP contribution in [0.4, 0.5) is 5.69 Å². The third-order valence-corrected chi connectivity index (χ3v) is 2.36. The second kappa shape index (κ2) is 4.13. The zero-order valence-corrected chi connectivity index (χ0v) is 8.92. The summed E-state index contributed by atoms with van der Waals surface area (Å²) in [6.07, 6.45) is 3.26. The zero-order chi connectivity index (χ0) is 11.5. The van der Waals surface area contributed by atoms with Gasteiger partial charge in [-0.1, -0.05) is 18.2 Å². The van der Waals surface area contributed by atoms with E-state index in [9.17, 15) is 0 Å². The second-order valence-electron chi connectivity index (χ2n) is 3.49. The van der Waals surface area contributed by atoms with E-state index in [1.54, 1.807) is 6.20 Å². The van der Waals surface area contributed by atoms with Crippen molar-refractivity contribution >= 4 is 16.7 Å². The van der Waals surface area contributed by atoms with E-state index in [0.29, 0.717) is 5.88 Å². The van der Waals surface area contributed by atoms with Crippen molar-refractivity contribution in [2.45, 2.75) is 0 Å². The smallest absolute Gasteiger partial charge is 0.258 e. The maximum atomic E-state index is 5.44. The fourth-order valence-electron chi connectivity index (χ4n) is 1.54. The molecule has 3 aromatic rings. The molecule has 0 aliphatic rings. The van der Waals surface area contributed by atoms with Gasteiger partial charge < -0.3 is 9.82 Å². The summed E-state index contributed by atoms with van der Waals surface area (Å²) in [5.74, 6) is 0.500. The largest absolute Gasteiger partial charge is 0.361 e. The summed E-state index contributed by atoms with van der Waals surface area (Å²) in [6, 6.07) is 11.5. The molecular weight excluding hydrogens is 216 g/mol. The summed E-state index contributed by atoms with van der Waals surface area (Å²) in [5.41, 5.74) is 4.46. The minimum atomic E-state index is 0.500. The van der Waals surface area contributed by atoms with E-state index in [1.165, 1.54) is 6.33 Å². The molecule has 84 valence electrons. The molecule has 5 heteroatoms. The topological polar surface area (TPSA) is 62.8 Å². The van der Waals surface area contributed by atoms with Crippen molar-refractivity contribution < 1.29 is 4.84 Å². The van der Waals surface area contributed by atoms with Crippen LogP contribution in [0, 0.1) is 0 Å². The lowest BCUT2D eigenvalue weighted by molar-refractivity contribution is 0.393. The molecule has 2 aromatic heterocycles. The number of aromatic amines is 1. The van der Waals surface area contributed by atoms with E-state index in [2.05, 4.69) is 20.4 Å². The number of rotatable bonds is 3. The SMILES string of the molecule is c1ccc(NOc2ncnc3[nH]ccc23)cc1. The first-order chi connectivity index (χ1) is 8.43. The van der Waals surface area contributed by atoms with Crippen molar-refractivity contribution in [2.75, 3.05) is 5.48 Å². The van der Waals surface area contributed by atoms with Crippen LogP contribution < -0.4 is 10.3 Å². The lowest BCUT2D eigenvalue weighted by Crippen LogP contribution is -2.06. The Kier molecular flexibility index (Phi) is 2.34. The lowest BCUT2D eigenvalue weighted by atomic mass is 10.3. The maximum absolute atomic E-state index is 5.44. The molecule has 0 amide bonds. The number of anilines is 1. The number of H-pyrrole nitrogens is 1. The molecule has 5 nitrogen and oxygen atoms in total.